The lowest BCUT2D eigenvalue weighted by molar-refractivity contribution is -0.138. The molecular formula is C19H25ClF3N3O. The van der Waals surface area contributed by atoms with Crippen molar-refractivity contribution in [2.45, 2.75) is 45.8 Å². The summed E-state index contributed by atoms with van der Waals surface area (Å²) < 4.78 is 45.8. The molecular weight excluding hydrogens is 379 g/mol. The molecule has 2 aromatic rings. The van der Waals surface area contributed by atoms with E-state index < -0.39 is 11.7 Å². The molecule has 0 aliphatic heterocycles. The quantitative estimate of drug-likeness (QED) is 0.577. The lowest BCUT2D eigenvalue weighted by atomic mass is 10.0. The minimum atomic E-state index is -4.54. The number of benzene rings is 1. The molecule has 0 spiro atoms. The number of nitrogens with one attached hydrogen (secondary N) is 1. The van der Waals surface area contributed by atoms with E-state index in [1.54, 1.807) is 6.20 Å². The van der Waals surface area contributed by atoms with Gasteiger partial charge in [0, 0.05) is 23.7 Å². The Morgan fingerprint density at radius 1 is 1.22 bits per heavy atom. The Morgan fingerprint density at radius 3 is 2.59 bits per heavy atom. The summed E-state index contributed by atoms with van der Waals surface area (Å²) in [6.07, 6.45) is -0.191. The third-order valence-corrected chi connectivity index (χ3v) is 4.47. The highest BCUT2D eigenvalue weighted by Gasteiger charge is 2.36. The Morgan fingerprint density at radius 2 is 1.96 bits per heavy atom. The lowest BCUT2D eigenvalue weighted by Gasteiger charge is -2.18. The second-order valence-electron chi connectivity index (χ2n) is 6.54. The molecule has 150 valence electrons. The Bertz CT molecular complexity index is 746. The van der Waals surface area contributed by atoms with Gasteiger partial charge < -0.3 is 9.64 Å². The van der Waals surface area contributed by atoms with Crippen molar-refractivity contribution in [1.82, 2.24) is 15.1 Å². The van der Waals surface area contributed by atoms with Crippen LogP contribution in [0.1, 0.15) is 44.2 Å². The third-order valence-electron chi connectivity index (χ3n) is 4.16. The van der Waals surface area contributed by atoms with E-state index in [4.69, 9.17) is 16.3 Å². The van der Waals surface area contributed by atoms with Crippen molar-refractivity contribution in [1.29, 1.82) is 0 Å². The van der Waals surface area contributed by atoms with E-state index in [1.807, 2.05) is 14.0 Å². The molecule has 8 heteroatoms. The van der Waals surface area contributed by atoms with Crippen LogP contribution in [0.15, 0.2) is 18.3 Å². The first kappa shape index (κ1) is 21.6. The molecule has 1 aromatic carbocycles. The van der Waals surface area contributed by atoms with Crippen molar-refractivity contribution >= 4 is 11.6 Å². The molecule has 0 amide bonds. The molecule has 0 aliphatic rings. The van der Waals surface area contributed by atoms with Crippen molar-refractivity contribution in [2.75, 3.05) is 20.2 Å². The van der Waals surface area contributed by atoms with E-state index in [0.29, 0.717) is 18.7 Å². The Balaban J connectivity index is 2.40. The summed E-state index contributed by atoms with van der Waals surface area (Å²) >= 11 is 6.31. The van der Waals surface area contributed by atoms with Gasteiger partial charge in [-0.3, -0.25) is 5.10 Å². The van der Waals surface area contributed by atoms with Crippen LogP contribution < -0.4 is 4.74 Å². The molecule has 0 saturated carbocycles. The van der Waals surface area contributed by atoms with Gasteiger partial charge in [-0.25, -0.2) is 0 Å². The zero-order chi connectivity index (χ0) is 20.0. The second kappa shape index (κ2) is 9.46. The summed E-state index contributed by atoms with van der Waals surface area (Å²) in [5.74, 6) is -0.251. The highest BCUT2D eigenvalue weighted by molar-refractivity contribution is 6.33. The Labute approximate surface area is 162 Å². The fourth-order valence-electron chi connectivity index (χ4n) is 2.76. The molecule has 0 radical (unpaired) electrons. The number of halogens is 4. The summed E-state index contributed by atoms with van der Waals surface area (Å²) in [6.45, 7) is 5.59. The van der Waals surface area contributed by atoms with Crippen LogP contribution in [-0.4, -0.2) is 35.3 Å². The molecule has 1 N–H and O–H groups in total. The van der Waals surface area contributed by atoms with Crippen LogP contribution >= 0.6 is 11.6 Å². The van der Waals surface area contributed by atoms with Gasteiger partial charge in [-0.2, -0.15) is 18.3 Å². The molecule has 0 unspecified atom stereocenters. The maximum absolute atomic E-state index is 13.5. The van der Waals surface area contributed by atoms with E-state index in [-0.39, 0.29) is 22.9 Å². The van der Waals surface area contributed by atoms with Crippen molar-refractivity contribution < 1.29 is 17.9 Å². The van der Waals surface area contributed by atoms with Gasteiger partial charge in [-0.15, -0.1) is 0 Å². The zero-order valence-electron chi connectivity index (χ0n) is 15.8. The number of aromatic amines is 1. The number of ether oxygens (including phenoxy) is 1. The van der Waals surface area contributed by atoms with Crippen LogP contribution in [0.25, 0.3) is 11.3 Å². The SMILES string of the molecule is CCCCN(C)Cc1cn[nH]c1-c1cc(C(F)(F)F)c(OCCC)cc1Cl. The molecule has 1 aromatic heterocycles. The first-order valence-corrected chi connectivity index (χ1v) is 9.40. The maximum Gasteiger partial charge on any atom is 0.419 e. The van der Waals surface area contributed by atoms with E-state index in [1.165, 1.54) is 6.07 Å². The van der Waals surface area contributed by atoms with Crippen LogP contribution in [0.2, 0.25) is 5.02 Å². The predicted octanol–water partition coefficient (Wildman–Crippen LogP) is 5.77. The Hall–Kier alpha value is -1.73. The van der Waals surface area contributed by atoms with Gasteiger partial charge in [-0.05, 0) is 32.5 Å². The summed E-state index contributed by atoms with van der Waals surface area (Å²) in [4.78, 5) is 2.11. The minimum absolute atomic E-state index is 0.191. The predicted molar refractivity (Wildman–Crippen MR) is 101 cm³/mol. The first-order chi connectivity index (χ1) is 12.8. The van der Waals surface area contributed by atoms with Gasteiger partial charge in [0.2, 0.25) is 0 Å². The van der Waals surface area contributed by atoms with Crippen molar-refractivity contribution in [2.24, 2.45) is 0 Å². The second-order valence-corrected chi connectivity index (χ2v) is 6.94. The van der Waals surface area contributed by atoms with Gasteiger partial charge >= 0.3 is 6.18 Å². The Kier molecular flexibility index (Phi) is 7.56. The zero-order valence-corrected chi connectivity index (χ0v) is 16.5. The van der Waals surface area contributed by atoms with E-state index in [9.17, 15) is 13.2 Å². The van der Waals surface area contributed by atoms with Crippen LogP contribution in [0.4, 0.5) is 13.2 Å². The molecule has 0 atom stereocenters. The standard InChI is InChI=1S/C19H25ClF3N3O/c1-4-6-7-26(3)12-13-11-24-25-18(13)14-9-15(19(21,22)23)17(10-16(14)20)27-8-5-2/h9-11H,4-8,12H2,1-3H3,(H,24,25). The average Bonchev–Trinajstić information content (AvgIpc) is 3.04. The van der Waals surface area contributed by atoms with Gasteiger partial charge in [-0.1, -0.05) is 31.9 Å². The largest absolute Gasteiger partial charge is 0.493 e. The smallest absolute Gasteiger partial charge is 0.419 e. The average molecular weight is 404 g/mol. The van der Waals surface area contributed by atoms with E-state index >= 15 is 0 Å². The van der Waals surface area contributed by atoms with Gasteiger partial charge in [0.1, 0.15) is 5.75 Å². The fraction of sp³-hybridized carbons (Fsp3) is 0.526. The van der Waals surface area contributed by atoms with Gasteiger partial charge in [0.25, 0.3) is 0 Å². The number of hydrogen-bond acceptors (Lipinski definition) is 3. The minimum Gasteiger partial charge on any atom is -0.493 e. The molecule has 0 fully saturated rings. The lowest BCUT2D eigenvalue weighted by Crippen LogP contribution is -2.19. The first-order valence-electron chi connectivity index (χ1n) is 9.02. The fourth-order valence-corrected chi connectivity index (χ4v) is 3.01. The van der Waals surface area contributed by atoms with Crippen molar-refractivity contribution in [3.05, 3.63) is 34.5 Å². The van der Waals surface area contributed by atoms with Crippen molar-refractivity contribution in [3.63, 3.8) is 0 Å². The summed E-state index contributed by atoms with van der Waals surface area (Å²) in [5.41, 5.74) is 0.723. The van der Waals surface area contributed by atoms with Crippen molar-refractivity contribution in [3.8, 4) is 17.0 Å². The molecule has 0 bridgehead atoms. The topological polar surface area (TPSA) is 41.2 Å². The van der Waals surface area contributed by atoms with Crippen LogP contribution in [0.5, 0.6) is 5.75 Å². The number of hydrogen-bond donors (Lipinski definition) is 1. The number of alkyl halides is 3. The molecule has 0 saturated heterocycles. The maximum atomic E-state index is 13.5. The number of unbranched alkanes of at least 4 members (excludes halogenated alkanes) is 1. The molecule has 4 nitrogen and oxygen atoms in total. The molecule has 2 rings (SSSR count). The van der Waals surface area contributed by atoms with Crippen LogP contribution in [0.3, 0.4) is 0 Å². The molecule has 1 heterocycles. The highest BCUT2D eigenvalue weighted by Crippen LogP contribution is 2.42. The number of rotatable bonds is 9. The monoisotopic (exact) mass is 403 g/mol. The van der Waals surface area contributed by atoms with E-state index in [2.05, 4.69) is 22.0 Å². The summed E-state index contributed by atoms with van der Waals surface area (Å²) in [6, 6.07) is 2.27. The van der Waals surface area contributed by atoms with Gasteiger partial charge in [0.05, 0.1) is 29.1 Å². The van der Waals surface area contributed by atoms with Gasteiger partial charge in [0.15, 0.2) is 0 Å². The van der Waals surface area contributed by atoms with E-state index in [0.717, 1.165) is 31.0 Å². The third kappa shape index (κ3) is 5.62. The summed E-state index contributed by atoms with van der Waals surface area (Å²) in [7, 11) is 1.97. The number of H-pyrrole nitrogens is 1. The van der Waals surface area contributed by atoms with Crippen LogP contribution in [0, 0.1) is 0 Å². The number of aromatic nitrogens is 2. The molecule has 0 aliphatic carbocycles. The normalized spacial score (nSPS) is 12.0. The number of nitrogens with zero attached hydrogens (tertiary/aromatic N) is 2. The molecule has 27 heavy (non-hydrogen) atoms. The van der Waals surface area contributed by atoms with Crippen LogP contribution in [-0.2, 0) is 12.7 Å². The highest BCUT2D eigenvalue weighted by atomic mass is 35.5. The summed E-state index contributed by atoms with van der Waals surface area (Å²) in [5, 5.41) is 7.00.